The van der Waals surface area contributed by atoms with Crippen molar-refractivity contribution in [1.82, 2.24) is 15.1 Å². The lowest BCUT2D eigenvalue weighted by Crippen LogP contribution is -2.57. The Morgan fingerprint density at radius 3 is 2.37 bits per heavy atom. The highest BCUT2D eigenvalue weighted by molar-refractivity contribution is 5.16. The van der Waals surface area contributed by atoms with Crippen LogP contribution >= 0.6 is 0 Å². The molecule has 0 aromatic rings. The maximum absolute atomic E-state index is 9.55. The second-order valence-electron chi connectivity index (χ2n) is 6.18. The molecule has 2 rings (SSSR count). The van der Waals surface area contributed by atoms with E-state index in [1.165, 1.54) is 19.3 Å². The predicted molar refractivity (Wildman–Crippen MR) is 77.9 cm³/mol. The van der Waals surface area contributed by atoms with Crippen LogP contribution in [0, 0.1) is 17.2 Å². The molecule has 1 saturated heterocycles. The van der Waals surface area contributed by atoms with Gasteiger partial charge in [0.1, 0.15) is 5.54 Å². The molecule has 1 saturated carbocycles. The zero-order valence-corrected chi connectivity index (χ0v) is 12.7. The Morgan fingerprint density at radius 2 is 1.95 bits per heavy atom. The number of nitrogens with one attached hydrogen (secondary N) is 1. The summed E-state index contributed by atoms with van der Waals surface area (Å²) in [6.45, 7) is 9.94. The lowest BCUT2D eigenvalue weighted by molar-refractivity contribution is 0.0842. The highest BCUT2D eigenvalue weighted by Gasteiger charge is 2.45. The van der Waals surface area contributed by atoms with Crippen molar-refractivity contribution in [3.05, 3.63) is 0 Å². The molecule has 19 heavy (non-hydrogen) atoms. The van der Waals surface area contributed by atoms with Gasteiger partial charge >= 0.3 is 0 Å². The molecule has 1 heterocycles. The lowest BCUT2D eigenvalue weighted by Gasteiger charge is -2.41. The molecular formula is C15H28N4. The van der Waals surface area contributed by atoms with Gasteiger partial charge in [-0.05, 0) is 39.2 Å². The SMILES string of the molecule is CCC(C)N1CCN(CC(C#N)(NC)C2CC2)CC1. The standard InChI is InChI=1S/C15H28N4/c1-4-13(2)19-9-7-18(8-10-19)12-15(11-16,17-3)14-5-6-14/h13-14,17H,4-10,12H2,1-3H3. The Bertz CT molecular complexity index is 326. The fourth-order valence-corrected chi connectivity index (χ4v) is 3.14. The first kappa shape index (κ1) is 14.8. The third kappa shape index (κ3) is 3.28. The van der Waals surface area contributed by atoms with Crippen molar-refractivity contribution in [1.29, 1.82) is 5.26 Å². The molecule has 2 aliphatic rings. The fourth-order valence-electron chi connectivity index (χ4n) is 3.14. The maximum Gasteiger partial charge on any atom is 0.122 e. The van der Waals surface area contributed by atoms with Crippen LogP contribution in [0.15, 0.2) is 0 Å². The minimum absolute atomic E-state index is 0.307. The van der Waals surface area contributed by atoms with Crippen molar-refractivity contribution < 1.29 is 0 Å². The average Bonchev–Trinajstić information content (AvgIpc) is 3.30. The van der Waals surface area contributed by atoms with Gasteiger partial charge in [0.2, 0.25) is 0 Å². The van der Waals surface area contributed by atoms with Crippen LogP contribution in [-0.4, -0.2) is 61.2 Å². The smallest absolute Gasteiger partial charge is 0.122 e. The van der Waals surface area contributed by atoms with Gasteiger partial charge < -0.3 is 5.32 Å². The Kier molecular flexibility index (Phi) is 4.83. The van der Waals surface area contributed by atoms with Crippen molar-refractivity contribution in [3.63, 3.8) is 0 Å². The normalized spacial score (nSPS) is 26.6. The van der Waals surface area contributed by atoms with E-state index in [1.54, 1.807) is 0 Å². The largest absolute Gasteiger partial charge is 0.301 e. The number of rotatable bonds is 6. The minimum Gasteiger partial charge on any atom is -0.301 e. The van der Waals surface area contributed by atoms with Crippen LogP contribution in [0.5, 0.6) is 0 Å². The van der Waals surface area contributed by atoms with Crippen molar-refractivity contribution in [2.75, 3.05) is 39.8 Å². The van der Waals surface area contributed by atoms with Crippen LogP contribution in [0.2, 0.25) is 0 Å². The van der Waals surface area contributed by atoms with Crippen LogP contribution in [0.4, 0.5) is 0 Å². The zero-order chi connectivity index (χ0) is 13.9. The van der Waals surface area contributed by atoms with E-state index in [9.17, 15) is 5.26 Å². The van der Waals surface area contributed by atoms with Gasteiger partial charge in [0.25, 0.3) is 0 Å². The van der Waals surface area contributed by atoms with Crippen molar-refractivity contribution in [2.45, 2.75) is 44.7 Å². The highest BCUT2D eigenvalue weighted by atomic mass is 15.3. The summed E-state index contributed by atoms with van der Waals surface area (Å²) in [5.74, 6) is 0.565. The summed E-state index contributed by atoms with van der Waals surface area (Å²) in [6, 6.07) is 3.24. The van der Waals surface area contributed by atoms with Crippen molar-refractivity contribution >= 4 is 0 Å². The second kappa shape index (κ2) is 6.21. The molecular weight excluding hydrogens is 236 g/mol. The lowest BCUT2D eigenvalue weighted by atomic mass is 9.94. The van der Waals surface area contributed by atoms with Gasteiger partial charge in [-0.3, -0.25) is 9.80 Å². The third-order valence-electron chi connectivity index (χ3n) is 5.01. The third-order valence-corrected chi connectivity index (χ3v) is 5.01. The van der Waals surface area contributed by atoms with Crippen molar-refractivity contribution in [2.24, 2.45) is 5.92 Å². The number of nitriles is 1. The van der Waals surface area contributed by atoms with Gasteiger partial charge in [0.15, 0.2) is 0 Å². The van der Waals surface area contributed by atoms with E-state index in [0.29, 0.717) is 12.0 Å². The van der Waals surface area contributed by atoms with E-state index in [2.05, 4.69) is 35.0 Å². The van der Waals surface area contributed by atoms with Gasteiger partial charge in [0.05, 0.1) is 6.07 Å². The molecule has 1 aliphatic heterocycles. The molecule has 2 unspecified atom stereocenters. The second-order valence-corrected chi connectivity index (χ2v) is 6.18. The van der Waals surface area contributed by atoms with E-state index >= 15 is 0 Å². The molecule has 108 valence electrons. The summed E-state index contributed by atoms with van der Waals surface area (Å²) < 4.78 is 0. The molecule has 4 nitrogen and oxygen atoms in total. The molecule has 1 N–H and O–H groups in total. The zero-order valence-electron chi connectivity index (χ0n) is 12.7. The first-order valence-electron chi connectivity index (χ1n) is 7.71. The Morgan fingerprint density at radius 1 is 1.32 bits per heavy atom. The Hall–Kier alpha value is -0.630. The molecule has 0 aromatic carbocycles. The van der Waals surface area contributed by atoms with Crippen LogP contribution in [0.1, 0.15) is 33.1 Å². The molecule has 0 spiro atoms. The van der Waals surface area contributed by atoms with Crippen LogP contribution in [-0.2, 0) is 0 Å². The minimum atomic E-state index is -0.307. The molecule has 0 radical (unpaired) electrons. The van der Waals surface area contributed by atoms with Gasteiger partial charge in [-0.25, -0.2) is 0 Å². The van der Waals surface area contributed by atoms with Gasteiger partial charge in [-0.2, -0.15) is 5.26 Å². The molecule has 0 bridgehead atoms. The van der Waals surface area contributed by atoms with E-state index < -0.39 is 0 Å². The molecule has 4 heteroatoms. The van der Waals surface area contributed by atoms with E-state index in [4.69, 9.17) is 0 Å². The quantitative estimate of drug-likeness (QED) is 0.785. The van der Waals surface area contributed by atoms with E-state index in [-0.39, 0.29) is 5.54 Å². The summed E-state index contributed by atoms with van der Waals surface area (Å²) in [4.78, 5) is 5.04. The highest BCUT2D eigenvalue weighted by Crippen LogP contribution is 2.39. The number of likely N-dealkylation sites (N-methyl/N-ethyl adjacent to an activating group) is 1. The summed E-state index contributed by atoms with van der Waals surface area (Å²) in [5.41, 5.74) is -0.307. The summed E-state index contributed by atoms with van der Waals surface area (Å²) in [7, 11) is 1.94. The van der Waals surface area contributed by atoms with Gasteiger partial charge in [-0.1, -0.05) is 6.92 Å². The Labute approximate surface area is 117 Å². The number of nitrogens with zero attached hydrogens (tertiary/aromatic N) is 3. The number of hydrogen-bond acceptors (Lipinski definition) is 4. The van der Waals surface area contributed by atoms with Crippen LogP contribution < -0.4 is 5.32 Å². The fraction of sp³-hybridized carbons (Fsp3) is 0.933. The molecule has 1 aliphatic carbocycles. The number of piperazine rings is 1. The van der Waals surface area contributed by atoms with Crippen LogP contribution in [0.3, 0.4) is 0 Å². The Balaban J connectivity index is 1.86. The first-order chi connectivity index (χ1) is 9.15. The summed E-state index contributed by atoms with van der Waals surface area (Å²) in [6.07, 6.45) is 3.64. The molecule has 2 atom stereocenters. The van der Waals surface area contributed by atoms with Crippen molar-refractivity contribution in [3.8, 4) is 6.07 Å². The average molecular weight is 264 g/mol. The predicted octanol–water partition coefficient (Wildman–Crippen LogP) is 1.29. The van der Waals surface area contributed by atoms with Gasteiger partial charge in [0, 0.05) is 38.8 Å². The summed E-state index contributed by atoms with van der Waals surface area (Å²) in [5, 5.41) is 12.8. The molecule has 2 fully saturated rings. The van der Waals surface area contributed by atoms with Gasteiger partial charge in [-0.15, -0.1) is 0 Å². The van der Waals surface area contributed by atoms with E-state index in [1.807, 2.05) is 7.05 Å². The molecule has 0 amide bonds. The maximum atomic E-state index is 9.55. The topological polar surface area (TPSA) is 42.3 Å². The number of hydrogen-bond donors (Lipinski definition) is 1. The summed E-state index contributed by atoms with van der Waals surface area (Å²) >= 11 is 0. The monoisotopic (exact) mass is 264 g/mol. The van der Waals surface area contributed by atoms with Crippen LogP contribution in [0.25, 0.3) is 0 Å². The first-order valence-corrected chi connectivity index (χ1v) is 7.71. The molecule has 0 aromatic heterocycles. The van der Waals surface area contributed by atoms with E-state index in [0.717, 1.165) is 32.7 Å².